The largest absolute Gasteiger partial charge is 0.493 e. The summed E-state index contributed by atoms with van der Waals surface area (Å²) in [5.41, 5.74) is 6.89. The number of methoxy groups -OCH3 is 1. The van der Waals surface area contributed by atoms with Crippen LogP contribution in [0.2, 0.25) is 0 Å². The number of hydrogen-bond acceptors (Lipinski definition) is 4. The summed E-state index contributed by atoms with van der Waals surface area (Å²) >= 11 is 3.41. The highest BCUT2D eigenvalue weighted by Crippen LogP contribution is 2.28. The lowest BCUT2D eigenvalue weighted by molar-refractivity contribution is -0.120. The van der Waals surface area contributed by atoms with E-state index in [4.69, 9.17) is 15.2 Å². The van der Waals surface area contributed by atoms with Crippen molar-refractivity contribution in [1.29, 1.82) is 0 Å². The second-order valence-electron chi connectivity index (χ2n) is 6.02. The van der Waals surface area contributed by atoms with Crippen LogP contribution in [-0.2, 0) is 9.59 Å². The van der Waals surface area contributed by atoms with Gasteiger partial charge in [0.2, 0.25) is 5.91 Å². The van der Waals surface area contributed by atoms with Crippen LogP contribution in [0.5, 0.6) is 11.5 Å². The number of hydrogen-bond donors (Lipinski definition) is 2. The molecule has 0 aliphatic rings. The molecule has 2 rings (SSSR count). The van der Waals surface area contributed by atoms with E-state index in [-0.39, 0.29) is 18.6 Å². The van der Waals surface area contributed by atoms with Crippen molar-refractivity contribution in [3.05, 3.63) is 64.1 Å². The zero-order valence-corrected chi connectivity index (χ0v) is 17.4. The Morgan fingerprint density at radius 3 is 2.50 bits per heavy atom. The highest BCUT2D eigenvalue weighted by atomic mass is 79.9. The third kappa shape index (κ3) is 6.42. The van der Waals surface area contributed by atoms with Crippen LogP contribution in [0.25, 0.3) is 6.08 Å². The van der Waals surface area contributed by atoms with Crippen molar-refractivity contribution in [3.8, 4) is 11.5 Å². The van der Waals surface area contributed by atoms with E-state index in [2.05, 4.69) is 21.2 Å². The molecule has 2 aromatic rings. The number of nitrogens with one attached hydrogen (secondary N) is 1. The highest BCUT2D eigenvalue weighted by molar-refractivity contribution is 9.10. The molecule has 0 spiro atoms. The fraction of sp³-hybridized carbons (Fsp3) is 0.238. The molecule has 3 N–H and O–H groups in total. The van der Waals surface area contributed by atoms with Gasteiger partial charge < -0.3 is 20.5 Å². The Kier molecular flexibility index (Phi) is 8.07. The lowest BCUT2D eigenvalue weighted by Gasteiger charge is -2.16. The summed E-state index contributed by atoms with van der Waals surface area (Å²) < 4.78 is 11.5. The predicted molar refractivity (Wildman–Crippen MR) is 112 cm³/mol. The molecule has 0 fully saturated rings. The Balaban J connectivity index is 2.04. The molecule has 2 amide bonds. The van der Waals surface area contributed by atoms with E-state index in [1.54, 1.807) is 24.3 Å². The van der Waals surface area contributed by atoms with Crippen molar-refractivity contribution >= 4 is 33.8 Å². The van der Waals surface area contributed by atoms with Gasteiger partial charge in [-0.05, 0) is 47.9 Å². The van der Waals surface area contributed by atoms with Gasteiger partial charge in [-0.1, -0.05) is 41.1 Å². The van der Waals surface area contributed by atoms with E-state index in [0.29, 0.717) is 11.5 Å². The summed E-state index contributed by atoms with van der Waals surface area (Å²) in [4.78, 5) is 23.2. The predicted octanol–water partition coefficient (Wildman–Crippen LogP) is 3.60. The molecule has 0 saturated carbocycles. The molecule has 0 saturated heterocycles. The molecule has 0 bridgehead atoms. The summed E-state index contributed by atoms with van der Waals surface area (Å²) in [7, 11) is 1.50. The second-order valence-corrected chi connectivity index (χ2v) is 6.94. The van der Waals surface area contributed by atoms with Crippen LogP contribution in [0.4, 0.5) is 0 Å². The van der Waals surface area contributed by atoms with Crippen molar-refractivity contribution < 1.29 is 19.1 Å². The first-order chi connectivity index (χ1) is 13.4. The smallest absolute Gasteiger partial charge is 0.255 e. The first-order valence-corrected chi connectivity index (χ1v) is 9.55. The molecule has 7 heteroatoms. The number of primary amides is 1. The fourth-order valence-electron chi connectivity index (χ4n) is 2.56. The number of amides is 2. The van der Waals surface area contributed by atoms with Gasteiger partial charge in [-0.15, -0.1) is 0 Å². The molecule has 0 aliphatic carbocycles. The summed E-state index contributed by atoms with van der Waals surface area (Å²) in [6, 6.07) is 12.9. The summed E-state index contributed by atoms with van der Waals surface area (Å²) in [5.74, 6) is 0.0935. The van der Waals surface area contributed by atoms with Crippen molar-refractivity contribution in [2.75, 3.05) is 13.7 Å². The number of ether oxygens (including phenoxy) is 2. The highest BCUT2D eigenvalue weighted by Gasteiger charge is 2.11. The standard InChI is InChI=1S/C21H23BrN2O4/c1-3-17(15-6-8-16(22)9-7-15)24-21(26)11-5-14-4-10-18(19(12-14)27-2)28-13-20(23)25/h4-12,17H,3,13H2,1-2H3,(H2,23,25)(H,24,26)/b11-5+. The Morgan fingerprint density at radius 2 is 1.89 bits per heavy atom. The van der Waals surface area contributed by atoms with E-state index in [1.807, 2.05) is 31.2 Å². The Bertz CT molecular complexity index is 850. The SMILES string of the molecule is CCC(NC(=O)/C=C/c1ccc(OCC(N)=O)c(OC)c1)c1ccc(Br)cc1. The third-order valence-electron chi connectivity index (χ3n) is 3.98. The maximum atomic E-state index is 12.3. The van der Waals surface area contributed by atoms with Crippen molar-refractivity contribution in [2.45, 2.75) is 19.4 Å². The summed E-state index contributed by atoms with van der Waals surface area (Å²) in [6.07, 6.45) is 3.94. The van der Waals surface area contributed by atoms with Crippen LogP contribution in [0.15, 0.2) is 53.0 Å². The topological polar surface area (TPSA) is 90.6 Å². The van der Waals surface area contributed by atoms with E-state index in [9.17, 15) is 9.59 Å². The monoisotopic (exact) mass is 446 g/mol. The lowest BCUT2D eigenvalue weighted by Crippen LogP contribution is -2.26. The number of carbonyl (C=O) groups is 2. The van der Waals surface area contributed by atoms with Gasteiger partial charge in [0, 0.05) is 10.5 Å². The van der Waals surface area contributed by atoms with Crippen LogP contribution in [0.1, 0.15) is 30.5 Å². The minimum Gasteiger partial charge on any atom is -0.493 e. The lowest BCUT2D eigenvalue weighted by atomic mass is 10.0. The number of nitrogens with two attached hydrogens (primary N) is 1. The molecule has 1 atom stereocenters. The van der Waals surface area contributed by atoms with Gasteiger partial charge in [0.15, 0.2) is 18.1 Å². The third-order valence-corrected chi connectivity index (χ3v) is 4.51. The van der Waals surface area contributed by atoms with Gasteiger partial charge >= 0.3 is 0 Å². The maximum Gasteiger partial charge on any atom is 0.255 e. The average Bonchev–Trinajstić information content (AvgIpc) is 2.69. The first kappa shape index (κ1) is 21.5. The van der Waals surface area contributed by atoms with E-state index in [1.165, 1.54) is 13.2 Å². The minimum absolute atomic E-state index is 0.0654. The Labute approximate surface area is 172 Å². The number of halogens is 1. The van der Waals surface area contributed by atoms with Gasteiger partial charge in [-0.3, -0.25) is 9.59 Å². The van der Waals surface area contributed by atoms with Gasteiger partial charge in [0.25, 0.3) is 5.91 Å². The molecule has 0 heterocycles. The molecule has 2 aromatic carbocycles. The molecule has 0 aromatic heterocycles. The number of carbonyl (C=O) groups excluding carboxylic acids is 2. The van der Waals surface area contributed by atoms with Crippen molar-refractivity contribution in [2.24, 2.45) is 5.73 Å². The zero-order valence-electron chi connectivity index (χ0n) is 15.8. The molecule has 0 radical (unpaired) electrons. The zero-order chi connectivity index (χ0) is 20.5. The van der Waals surface area contributed by atoms with Crippen LogP contribution in [-0.4, -0.2) is 25.5 Å². The number of benzene rings is 2. The quantitative estimate of drug-likeness (QED) is 0.575. The molecular formula is C21H23BrN2O4. The molecule has 148 valence electrons. The van der Waals surface area contributed by atoms with Gasteiger partial charge in [0.1, 0.15) is 0 Å². The Morgan fingerprint density at radius 1 is 1.18 bits per heavy atom. The molecule has 0 aliphatic heterocycles. The fourth-order valence-corrected chi connectivity index (χ4v) is 2.83. The van der Waals surface area contributed by atoms with E-state index >= 15 is 0 Å². The van der Waals surface area contributed by atoms with Crippen molar-refractivity contribution in [3.63, 3.8) is 0 Å². The second kappa shape index (κ2) is 10.5. The van der Waals surface area contributed by atoms with Crippen LogP contribution in [0.3, 0.4) is 0 Å². The van der Waals surface area contributed by atoms with Gasteiger partial charge in [-0.2, -0.15) is 0 Å². The van der Waals surface area contributed by atoms with Crippen molar-refractivity contribution in [1.82, 2.24) is 5.32 Å². The molecule has 28 heavy (non-hydrogen) atoms. The van der Waals surface area contributed by atoms with E-state index in [0.717, 1.165) is 22.0 Å². The minimum atomic E-state index is -0.570. The normalized spacial score (nSPS) is 11.8. The van der Waals surface area contributed by atoms with Crippen LogP contribution >= 0.6 is 15.9 Å². The van der Waals surface area contributed by atoms with Crippen LogP contribution < -0.4 is 20.5 Å². The maximum absolute atomic E-state index is 12.3. The summed E-state index contributed by atoms with van der Waals surface area (Å²) in [5, 5.41) is 3.00. The molecular weight excluding hydrogens is 424 g/mol. The van der Waals surface area contributed by atoms with Gasteiger partial charge in [-0.25, -0.2) is 0 Å². The number of rotatable bonds is 9. The Hall–Kier alpha value is -2.80. The van der Waals surface area contributed by atoms with Crippen LogP contribution in [0, 0.1) is 0 Å². The summed E-state index contributed by atoms with van der Waals surface area (Å²) in [6.45, 7) is 1.79. The molecule has 1 unspecified atom stereocenters. The first-order valence-electron chi connectivity index (χ1n) is 8.76. The van der Waals surface area contributed by atoms with E-state index < -0.39 is 5.91 Å². The molecule has 6 nitrogen and oxygen atoms in total. The average molecular weight is 447 g/mol. The van der Waals surface area contributed by atoms with Gasteiger partial charge in [0.05, 0.1) is 13.2 Å².